The maximum Gasteiger partial charge on any atom is 0.319 e. The first-order chi connectivity index (χ1) is 22.2. The number of nitrogens with zero attached hydrogens (tertiary/aromatic N) is 2. The molecule has 0 aliphatic carbocycles. The van der Waals surface area contributed by atoms with E-state index < -0.39 is 37.3 Å². The van der Waals surface area contributed by atoms with E-state index >= 15 is 0 Å². The monoisotopic (exact) mass is 642 g/mol. The lowest BCUT2D eigenvalue weighted by atomic mass is 9.99. The standard InChI is InChI=1S/C32H38N2O12/c1-39-21-11-17(12-22(40-2)29(21)43-5)7-9-19-15-20(10-8-18-13-23(41-3)30(44-6)24(14-18)42-4)34-32(33-19)46-31-28(38)27(37)26(36)25(16-35)45-31/h7-15,25-28,31,35-38H,16H2,1-6H3/b9-7+,10-8+/t25-,26-,27+,28-,31+/m1/s1. The summed E-state index contributed by atoms with van der Waals surface area (Å²) in [7, 11) is 9.10. The smallest absolute Gasteiger partial charge is 0.319 e. The van der Waals surface area contributed by atoms with Gasteiger partial charge in [-0.15, -0.1) is 0 Å². The van der Waals surface area contributed by atoms with Crippen molar-refractivity contribution < 1.29 is 58.3 Å². The minimum absolute atomic E-state index is 0.207. The van der Waals surface area contributed by atoms with Crippen LogP contribution in [0.4, 0.5) is 0 Å². The molecular formula is C32H38N2O12. The Hall–Kier alpha value is -4.60. The van der Waals surface area contributed by atoms with Gasteiger partial charge in [0.1, 0.15) is 24.4 Å². The lowest BCUT2D eigenvalue weighted by molar-refractivity contribution is -0.278. The molecule has 0 amide bonds. The Balaban J connectivity index is 1.73. The molecule has 2 aromatic carbocycles. The molecule has 1 aliphatic heterocycles. The Morgan fingerprint density at radius 1 is 0.609 bits per heavy atom. The minimum Gasteiger partial charge on any atom is -0.493 e. The van der Waals surface area contributed by atoms with Crippen molar-refractivity contribution in [3.8, 4) is 40.5 Å². The average molecular weight is 643 g/mol. The van der Waals surface area contributed by atoms with Crippen LogP contribution in [0.5, 0.6) is 40.5 Å². The van der Waals surface area contributed by atoms with Gasteiger partial charge in [-0.2, -0.15) is 9.97 Å². The number of aliphatic hydroxyl groups excluding tert-OH is 4. The van der Waals surface area contributed by atoms with Gasteiger partial charge < -0.3 is 58.3 Å². The van der Waals surface area contributed by atoms with Crippen LogP contribution < -0.4 is 33.2 Å². The van der Waals surface area contributed by atoms with Gasteiger partial charge in [0.2, 0.25) is 17.8 Å². The molecule has 248 valence electrons. The summed E-state index contributed by atoms with van der Waals surface area (Å²) in [6.07, 6.45) is -0.600. The van der Waals surface area contributed by atoms with E-state index in [9.17, 15) is 20.4 Å². The van der Waals surface area contributed by atoms with E-state index in [0.29, 0.717) is 57.0 Å². The van der Waals surface area contributed by atoms with Gasteiger partial charge in [0, 0.05) is 0 Å². The van der Waals surface area contributed by atoms with Crippen molar-refractivity contribution in [2.45, 2.75) is 30.7 Å². The Kier molecular flexibility index (Phi) is 11.6. The predicted molar refractivity (Wildman–Crippen MR) is 166 cm³/mol. The zero-order valence-corrected chi connectivity index (χ0v) is 26.2. The Labute approximate surface area is 266 Å². The highest BCUT2D eigenvalue weighted by molar-refractivity contribution is 5.75. The molecule has 0 unspecified atom stereocenters. The molecule has 0 radical (unpaired) electrons. The second-order valence-electron chi connectivity index (χ2n) is 9.90. The van der Waals surface area contributed by atoms with Crippen LogP contribution in [0.25, 0.3) is 24.3 Å². The second-order valence-corrected chi connectivity index (χ2v) is 9.90. The van der Waals surface area contributed by atoms with Gasteiger partial charge in [-0.25, -0.2) is 0 Å². The highest BCUT2D eigenvalue weighted by atomic mass is 16.7. The Morgan fingerprint density at radius 3 is 1.41 bits per heavy atom. The molecule has 1 fully saturated rings. The van der Waals surface area contributed by atoms with Gasteiger partial charge in [-0.3, -0.25) is 0 Å². The normalized spacial score (nSPS) is 21.3. The molecule has 5 atom stereocenters. The summed E-state index contributed by atoms with van der Waals surface area (Å²) in [6, 6.07) is 8.51. The first kappa shape index (κ1) is 34.3. The zero-order valence-electron chi connectivity index (χ0n) is 26.2. The largest absolute Gasteiger partial charge is 0.493 e. The molecule has 14 heteroatoms. The van der Waals surface area contributed by atoms with Gasteiger partial charge in [-0.1, -0.05) is 12.2 Å². The fourth-order valence-corrected chi connectivity index (χ4v) is 4.71. The van der Waals surface area contributed by atoms with Crippen molar-refractivity contribution in [2.75, 3.05) is 49.3 Å². The Morgan fingerprint density at radius 2 is 1.04 bits per heavy atom. The van der Waals surface area contributed by atoms with E-state index in [1.807, 2.05) is 0 Å². The first-order valence-electron chi connectivity index (χ1n) is 14.0. The number of hydrogen-bond donors (Lipinski definition) is 4. The van der Waals surface area contributed by atoms with Crippen LogP contribution in [0.1, 0.15) is 22.5 Å². The van der Waals surface area contributed by atoms with Crippen LogP contribution in [0, 0.1) is 0 Å². The quantitative estimate of drug-likeness (QED) is 0.213. The van der Waals surface area contributed by atoms with Crippen LogP contribution in [-0.4, -0.2) is 110 Å². The van der Waals surface area contributed by atoms with Crippen LogP contribution >= 0.6 is 0 Å². The van der Waals surface area contributed by atoms with Gasteiger partial charge in [0.05, 0.1) is 60.7 Å². The van der Waals surface area contributed by atoms with Crippen molar-refractivity contribution in [1.29, 1.82) is 0 Å². The van der Waals surface area contributed by atoms with E-state index in [4.69, 9.17) is 37.9 Å². The third-order valence-corrected chi connectivity index (χ3v) is 7.08. The number of methoxy groups -OCH3 is 6. The third-order valence-electron chi connectivity index (χ3n) is 7.08. The first-order valence-corrected chi connectivity index (χ1v) is 14.0. The lowest BCUT2D eigenvalue weighted by Crippen LogP contribution is -2.60. The van der Waals surface area contributed by atoms with Gasteiger partial charge in [0.25, 0.3) is 0 Å². The van der Waals surface area contributed by atoms with Gasteiger partial charge in [-0.05, 0) is 53.6 Å². The average Bonchev–Trinajstić information content (AvgIpc) is 3.08. The van der Waals surface area contributed by atoms with Crippen molar-refractivity contribution >= 4 is 24.3 Å². The van der Waals surface area contributed by atoms with Crippen LogP contribution in [0.15, 0.2) is 30.3 Å². The lowest BCUT2D eigenvalue weighted by Gasteiger charge is -2.39. The maximum atomic E-state index is 10.5. The molecule has 0 spiro atoms. The predicted octanol–water partition coefficient (Wildman–Crippen LogP) is 2.05. The second kappa shape index (κ2) is 15.6. The fourth-order valence-electron chi connectivity index (χ4n) is 4.71. The number of ether oxygens (including phenoxy) is 8. The van der Waals surface area contributed by atoms with Crippen LogP contribution in [0.3, 0.4) is 0 Å². The summed E-state index contributed by atoms with van der Waals surface area (Å²) in [5, 5.41) is 40.5. The molecule has 1 aromatic heterocycles. The number of aliphatic hydroxyl groups is 4. The van der Waals surface area contributed by atoms with Crippen molar-refractivity contribution in [2.24, 2.45) is 0 Å². The molecule has 4 rings (SSSR count). The fraction of sp³-hybridized carbons (Fsp3) is 0.375. The van der Waals surface area contributed by atoms with Crippen molar-refractivity contribution in [3.63, 3.8) is 0 Å². The minimum atomic E-state index is -1.65. The van der Waals surface area contributed by atoms with Gasteiger partial charge in [0.15, 0.2) is 23.0 Å². The summed E-state index contributed by atoms with van der Waals surface area (Å²) in [6.45, 7) is -0.619. The molecular weight excluding hydrogens is 604 g/mol. The topological polar surface area (TPSA) is 181 Å². The van der Waals surface area contributed by atoms with E-state index in [-0.39, 0.29) is 6.01 Å². The van der Waals surface area contributed by atoms with E-state index in [2.05, 4.69) is 9.97 Å². The number of hydrogen-bond acceptors (Lipinski definition) is 14. The zero-order chi connectivity index (χ0) is 33.4. The molecule has 3 aromatic rings. The molecule has 46 heavy (non-hydrogen) atoms. The number of rotatable bonds is 13. The van der Waals surface area contributed by atoms with E-state index in [1.165, 1.54) is 42.7 Å². The molecule has 0 saturated carbocycles. The summed E-state index contributed by atoms with van der Waals surface area (Å²) < 4.78 is 43.8. The summed E-state index contributed by atoms with van der Waals surface area (Å²) in [4.78, 5) is 8.86. The molecule has 2 heterocycles. The highest BCUT2D eigenvalue weighted by Gasteiger charge is 2.45. The number of aromatic nitrogens is 2. The molecule has 0 bridgehead atoms. The van der Waals surface area contributed by atoms with Crippen LogP contribution in [-0.2, 0) is 4.74 Å². The van der Waals surface area contributed by atoms with E-state index in [0.717, 1.165) is 0 Å². The molecule has 1 saturated heterocycles. The molecule has 1 aliphatic rings. The number of benzene rings is 2. The Bertz CT molecular complexity index is 1400. The highest BCUT2D eigenvalue weighted by Crippen LogP contribution is 2.40. The summed E-state index contributed by atoms with van der Waals surface area (Å²) in [5.74, 6) is 2.74. The van der Waals surface area contributed by atoms with Crippen molar-refractivity contribution in [3.05, 3.63) is 52.8 Å². The maximum absolute atomic E-state index is 10.5. The third kappa shape index (κ3) is 7.61. The van der Waals surface area contributed by atoms with Gasteiger partial charge >= 0.3 is 6.01 Å². The molecule has 4 N–H and O–H groups in total. The SMILES string of the molecule is COc1cc(/C=C/c2cc(/C=C/c3cc(OC)c(OC)c(OC)c3)nc(O[C@@H]3O[C@H](CO)[C@@H](O)[C@H](O)[C@H]3O)n2)cc(OC)c1OC. The summed E-state index contributed by atoms with van der Waals surface area (Å²) in [5.41, 5.74) is 2.21. The van der Waals surface area contributed by atoms with Crippen LogP contribution in [0.2, 0.25) is 0 Å². The summed E-state index contributed by atoms with van der Waals surface area (Å²) >= 11 is 0. The molecule has 14 nitrogen and oxygen atoms in total. The van der Waals surface area contributed by atoms with Crippen molar-refractivity contribution in [1.82, 2.24) is 9.97 Å². The van der Waals surface area contributed by atoms with E-state index in [1.54, 1.807) is 54.6 Å².